The van der Waals surface area contributed by atoms with Gasteiger partial charge in [-0.1, -0.05) is 35.9 Å². The number of carbonyl (C=O) groups is 2. The molecular weight excluding hydrogens is 398 g/mol. The van der Waals surface area contributed by atoms with E-state index in [-0.39, 0.29) is 12.5 Å². The van der Waals surface area contributed by atoms with Crippen molar-refractivity contribution in [2.45, 2.75) is 6.92 Å². The smallest absolute Gasteiger partial charge is 0.266 e. The SMILES string of the molecule is CCN1C(=O)C(=Cc2ccc(OCC(N)=O)c(Cl)c2)SC1=Nc1ccccc1. The van der Waals surface area contributed by atoms with Gasteiger partial charge in [0.1, 0.15) is 5.75 Å². The maximum atomic E-state index is 12.7. The molecule has 144 valence electrons. The van der Waals surface area contributed by atoms with E-state index in [0.29, 0.717) is 27.4 Å². The van der Waals surface area contributed by atoms with Crippen LogP contribution in [0.15, 0.2) is 58.4 Å². The van der Waals surface area contributed by atoms with E-state index in [1.165, 1.54) is 11.8 Å². The molecule has 0 spiro atoms. The maximum absolute atomic E-state index is 12.7. The van der Waals surface area contributed by atoms with Gasteiger partial charge < -0.3 is 10.5 Å². The Morgan fingerprint density at radius 2 is 2.04 bits per heavy atom. The van der Waals surface area contributed by atoms with Gasteiger partial charge in [0.15, 0.2) is 11.8 Å². The highest BCUT2D eigenvalue weighted by molar-refractivity contribution is 8.18. The van der Waals surface area contributed by atoms with Crippen molar-refractivity contribution >= 4 is 52.1 Å². The Morgan fingerprint density at radius 3 is 2.68 bits per heavy atom. The van der Waals surface area contributed by atoms with Crippen molar-refractivity contribution in [3.05, 3.63) is 64.0 Å². The molecule has 8 heteroatoms. The van der Waals surface area contributed by atoms with E-state index in [1.807, 2.05) is 37.3 Å². The molecule has 3 rings (SSSR count). The first-order chi connectivity index (χ1) is 13.5. The standard InChI is InChI=1S/C20H18ClN3O3S/c1-2-24-19(26)17(28-20(24)23-14-6-4-3-5-7-14)11-13-8-9-16(15(21)10-13)27-12-18(22)25/h3-11H,2,12H2,1H3,(H2,22,25). The van der Waals surface area contributed by atoms with Crippen LogP contribution in [0.3, 0.4) is 0 Å². The third-order valence-corrected chi connectivity index (χ3v) is 5.11. The summed E-state index contributed by atoms with van der Waals surface area (Å²) in [6.45, 7) is 2.18. The lowest BCUT2D eigenvalue weighted by Gasteiger charge is -2.11. The van der Waals surface area contributed by atoms with Crippen LogP contribution >= 0.6 is 23.4 Å². The Kier molecular flexibility index (Phi) is 6.38. The number of hydrogen-bond donors (Lipinski definition) is 1. The lowest BCUT2D eigenvalue weighted by molar-refractivity contribution is -0.122. The van der Waals surface area contributed by atoms with Gasteiger partial charge >= 0.3 is 0 Å². The van der Waals surface area contributed by atoms with Crippen LogP contribution in [-0.4, -0.2) is 35.0 Å². The summed E-state index contributed by atoms with van der Waals surface area (Å²) in [5.41, 5.74) is 6.59. The van der Waals surface area contributed by atoms with Gasteiger partial charge in [-0.2, -0.15) is 0 Å². The number of benzene rings is 2. The largest absolute Gasteiger partial charge is 0.482 e. The molecule has 1 saturated heterocycles. The summed E-state index contributed by atoms with van der Waals surface area (Å²) in [6.07, 6.45) is 1.76. The number of carbonyl (C=O) groups excluding carboxylic acids is 2. The van der Waals surface area contributed by atoms with Crippen LogP contribution in [0.4, 0.5) is 5.69 Å². The fourth-order valence-electron chi connectivity index (χ4n) is 2.51. The second kappa shape index (κ2) is 8.95. The molecule has 0 aliphatic carbocycles. The molecule has 0 radical (unpaired) electrons. The van der Waals surface area contributed by atoms with E-state index in [0.717, 1.165) is 11.3 Å². The quantitative estimate of drug-likeness (QED) is 0.726. The average Bonchev–Trinajstić information content (AvgIpc) is 2.96. The number of primary amides is 1. The molecule has 0 unspecified atom stereocenters. The lowest BCUT2D eigenvalue weighted by Crippen LogP contribution is -2.28. The number of aliphatic imine (C=N–C) groups is 1. The van der Waals surface area contributed by atoms with Crippen LogP contribution in [-0.2, 0) is 9.59 Å². The van der Waals surface area contributed by atoms with Gasteiger partial charge in [-0.25, -0.2) is 4.99 Å². The van der Waals surface area contributed by atoms with E-state index >= 15 is 0 Å². The van der Waals surface area contributed by atoms with Gasteiger partial charge in [-0.3, -0.25) is 14.5 Å². The van der Waals surface area contributed by atoms with Crippen LogP contribution < -0.4 is 10.5 Å². The zero-order valence-electron chi connectivity index (χ0n) is 15.1. The summed E-state index contributed by atoms with van der Waals surface area (Å²) in [7, 11) is 0. The summed E-state index contributed by atoms with van der Waals surface area (Å²) in [5, 5.41) is 0.967. The van der Waals surface area contributed by atoms with E-state index in [4.69, 9.17) is 22.1 Å². The van der Waals surface area contributed by atoms with Crippen LogP contribution in [0.25, 0.3) is 6.08 Å². The van der Waals surface area contributed by atoms with Crippen molar-refractivity contribution in [2.24, 2.45) is 10.7 Å². The van der Waals surface area contributed by atoms with Crippen molar-refractivity contribution in [3.8, 4) is 5.75 Å². The normalized spacial score (nSPS) is 16.8. The Hall–Kier alpha value is -2.77. The minimum Gasteiger partial charge on any atom is -0.482 e. The first-order valence-corrected chi connectivity index (χ1v) is 9.73. The van der Waals surface area contributed by atoms with E-state index < -0.39 is 5.91 Å². The number of para-hydroxylation sites is 1. The highest BCUT2D eigenvalue weighted by atomic mass is 35.5. The van der Waals surface area contributed by atoms with Crippen molar-refractivity contribution in [1.29, 1.82) is 0 Å². The monoisotopic (exact) mass is 415 g/mol. The molecule has 28 heavy (non-hydrogen) atoms. The highest BCUT2D eigenvalue weighted by Crippen LogP contribution is 2.35. The van der Waals surface area contributed by atoms with Crippen LogP contribution in [0, 0.1) is 0 Å². The number of rotatable bonds is 6. The van der Waals surface area contributed by atoms with E-state index in [2.05, 4.69) is 4.99 Å². The molecule has 2 N–H and O–H groups in total. The molecule has 1 aliphatic heterocycles. The number of nitrogens with two attached hydrogens (primary N) is 1. The van der Waals surface area contributed by atoms with Gasteiger partial charge in [0.2, 0.25) is 0 Å². The summed E-state index contributed by atoms with van der Waals surface area (Å²) in [6, 6.07) is 14.6. The van der Waals surface area contributed by atoms with Crippen LogP contribution in [0.1, 0.15) is 12.5 Å². The minimum absolute atomic E-state index is 0.104. The molecule has 6 nitrogen and oxygen atoms in total. The zero-order chi connectivity index (χ0) is 20.1. The molecule has 0 saturated carbocycles. The average molecular weight is 416 g/mol. The summed E-state index contributed by atoms with van der Waals surface area (Å²) < 4.78 is 5.24. The molecular formula is C20H18ClN3O3S. The number of likely N-dealkylation sites (N-methyl/N-ethyl adjacent to an activating group) is 1. The maximum Gasteiger partial charge on any atom is 0.266 e. The summed E-state index contributed by atoms with van der Waals surface area (Å²) >= 11 is 7.51. The van der Waals surface area contributed by atoms with Gasteiger partial charge in [-0.15, -0.1) is 0 Å². The number of thioether (sulfide) groups is 1. The number of halogens is 1. The number of nitrogens with zero attached hydrogens (tertiary/aromatic N) is 2. The number of amides is 2. The van der Waals surface area contributed by atoms with Crippen LogP contribution in [0.2, 0.25) is 5.02 Å². The first kappa shape index (κ1) is 20.0. The van der Waals surface area contributed by atoms with Crippen molar-refractivity contribution < 1.29 is 14.3 Å². The second-order valence-corrected chi connectivity index (χ2v) is 7.25. The zero-order valence-corrected chi connectivity index (χ0v) is 16.7. The predicted octanol–water partition coefficient (Wildman–Crippen LogP) is 3.83. The molecule has 0 aromatic heterocycles. The van der Waals surface area contributed by atoms with Gasteiger partial charge in [0.05, 0.1) is 15.6 Å². The molecule has 0 bridgehead atoms. The Balaban J connectivity index is 1.84. The Bertz CT molecular complexity index is 960. The second-order valence-electron chi connectivity index (χ2n) is 5.83. The third-order valence-electron chi connectivity index (χ3n) is 3.81. The molecule has 0 atom stereocenters. The molecule has 1 heterocycles. The van der Waals surface area contributed by atoms with Gasteiger partial charge in [0, 0.05) is 6.54 Å². The van der Waals surface area contributed by atoms with Crippen LogP contribution in [0.5, 0.6) is 5.75 Å². The molecule has 2 amide bonds. The summed E-state index contributed by atoms with van der Waals surface area (Å²) in [4.78, 5) is 30.3. The topological polar surface area (TPSA) is 85.0 Å². The fraction of sp³-hybridized carbons (Fsp3) is 0.150. The number of hydrogen-bond acceptors (Lipinski definition) is 5. The molecule has 1 fully saturated rings. The van der Waals surface area contributed by atoms with Crippen molar-refractivity contribution in [2.75, 3.05) is 13.2 Å². The highest BCUT2D eigenvalue weighted by Gasteiger charge is 2.32. The van der Waals surface area contributed by atoms with Crippen molar-refractivity contribution in [1.82, 2.24) is 4.90 Å². The lowest BCUT2D eigenvalue weighted by atomic mass is 10.2. The molecule has 2 aromatic rings. The fourth-order valence-corrected chi connectivity index (χ4v) is 3.81. The summed E-state index contributed by atoms with van der Waals surface area (Å²) in [5.74, 6) is -0.331. The van der Waals surface area contributed by atoms with E-state index in [1.54, 1.807) is 29.2 Å². The first-order valence-electron chi connectivity index (χ1n) is 8.53. The number of ether oxygens (including phenoxy) is 1. The minimum atomic E-state index is -0.583. The predicted molar refractivity (Wildman–Crippen MR) is 113 cm³/mol. The molecule has 1 aliphatic rings. The number of amidine groups is 1. The van der Waals surface area contributed by atoms with E-state index in [9.17, 15) is 9.59 Å². The third kappa shape index (κ3) is 4.74. The van der Waals surface area contributed by atoms with Gasteiger partial charge in [0.25, 0.3) is 11.8 Å². The Morgan fingerprint density at radius 1 is 1.29 bits per heavy atom. The Labute approximate surface area is 172 Å². The van der Waals surface area contributed by atoms with Gasteiger partial charge in [-0.05, 0) is 54.6 Å². The molecule has 2 aromatic carbocycles. The van der Waals surface area contributed by atoms with Crippen molar-refractivity contribution in [3.63, 3.8) is 0 Å².